The monoisotopic (exact) mass is 257 g/mol. The third kappa shape index (κ3) is 2.23. The van der Waals surface area contributed by atoms with Crippen LogP contribution < -0.4 is 5.32 Å². The molecule has 5 heteroatoms. The molecule has 5 nitrogen and oxygen atoms in total. The molecule has 0 unspecified atom stereocenters. The molecule has 1 saturated carbocycles. The van der Waals surface area contributed by atoms with Crippen LogP contribution >= 0.6 is 0 Å². The van der Waals surface area contributed by atoms with Crippen molar-refractivity contribution >= 4 is 22.3 Å². The van der Waals surface area contributed by atoms with Gasteiger partial charge < -0.3 is 5.32 Å². The average molecular weight is 257 g/mol. The number of fused-ring (bicyclic) bond motifs is 1. The molecule has 0 amide bonds. The van der Waals surface area contributed by atoms with Gasteiger partial charge in [-0.2, -0.15) is 0 Å². The summed E-state index contributed by atoms with van der Waals surface area (Å²) in [6.07, 6.45) is 5.88. The van der Waals surface area contributed by atoms with Gasteiger partial charge in [-0.1, -0.05) is 31.0 Å². The second kappa shape index (κ2) is 4.84. The minimum atomic E-state index is -0.364. The van der Waals surface area contributed by atoms with E-state index in [-0.39, 0.29) is 10.6 Å². The highest BCUT2D eigenvalue weighted by Crippen LogP contribution is 2.34. The molecule has 0 radical (unpaired) electrons. The van der Waals surface area contributed by atoms with E-state index in [1.165, 1.54) is 19.0 Å². The van der Waals surface area contributed by atoms with Crippen LogP contribution in [0.15, 0.2) is 30.5 Å². The normalized spacial score (nSPS) is 15.8. The van der Waals surface area contributed by atoms with Crippen LogP contribution in [0.3, 0.4) is 0 Å². The molecule has 1 aromatic carbocycles. The molecule has 3 rings (SSSR count). The van der Waals surface area contributed by atoms with Crippen molar-refractivity contribution in [1.82, 2.24) is 4.98 Å². The molecule has 1 aliphatic rings. The summed E-state index contributed by atoms with van der Waals surface area (Å²) in [5.74, 6) is 0. The van der Waals surface area contributed by atoms with Crippen LogP contribution in [-0.2, 0) is 0 Å². The number of aromatic nitrogens is 1. The Kier molecular flexibility index (Phi) is 3.03. The molecular formula is C14H15N3O2. The van der Waals surface area contributed by atoms with Gasteiger partial charge in [-0.05, 0) is 18.9 Å². The zero-order valence-corrected chi connectivity index (χ0v) is 10.5. The Bertz CT molecular complexity index is 621. The van der Waals surface area contributed by atoms with Gasteiger partial charge in [0.1, 0.15) is 11.9 Å². The van der Waals surface area contributed by atoms with Crippen molar-refractivity contribution < 1.29 is 4.92 Å². The van der Waals surface area contributed by atoms with Gasteiger partial charge in [-0.25, -0.2) is 4.98 Å². The van der Waals surface area contributed by atoms with E-state index < -0.39 is 0 Å². The lowest BCUT2D eigenvalue weighted by molar-refractivity contribution is -0.384. The van der Waals surface area contributed by atoms with E-state index in [2.05, 4.69) is 10.3 Å². The Morgan fingerprint density at radius 3 is 2.74 bits per heavy atom. The van der Waals surface area contributed by atoms with E-state index >= 15 is 0 Å². The summed E-state index contributed by atoms with van der Waals surface area (Å²) in [5, 5.41) is 15.3. The zero-order chi connectivity index (χ0) is 13.2. The van der Waals surface area contributed by atoms with Gasteiger partial charge in [-0.15, -0.1) is 0 Å². The topological polar surface area (TPSA) is 68.1 Å². The first-order chi connectivity index (χ1) is 9.25. The van der Waals surface area contributed by atoms with Gasteiger partial charge in [-0.3, -0.25) is 10.1 Å². The zero-order valence-electron chi connectivity index (χ0n) is 10.5. The van der Waals surface area contributed by atoms with E-state index in [1.807, 2.05) is 24.3 Å². The third-order valence-electron chi connectivity index (χ3n) is 3.66. The lowest BCUT2D eigenvalue weighted by Gasteiger charge is -2.15. The number of pyridine rings is 1. The second-order valence-electron chi connectivity index (χ2n) is 4.92. The Morgan fingerprint density at radius 1 is 1.26 bits per heavy atom. The van der Waals surface area contributed by atoms with Crippen LogP contribution in [0.2, 0.25) is 0 Å². The van der Waals surface area contributed by atoms with E-state index in [4.69, 9.17) is 0 Å². The highest BCUT2D eigenvalue weighted by Gasteiger charge is 2.22. The lowest BCUT2D eigenvalue weighted by atomic mass is 10.1. The molecule has 1 fully saturated rings. The molecule has 0 aliphatic heterocycles. The molecule has 2 aromatic rings. The van der Waals surface area contributed by atoms with Gasteiger partial charge in [0.05, 0.1) is 10.4 Å². The van der Waals surface area contributed by atoms with Crippen molar-refractivity contribution in [2.24, 2.45) is 0 Å². The molecule has 0 spiro atoms. The molecule has 1 aromatic heterocycles. The summed E-state index contributed by atoms with van der Waals surface area (Å²) in [5.41, 5.74) is 1.46. The summed E-state index contributed by atoms with van der Waals surface area (Å²) in [7, 11) is 0. The summed E-state index contributed by atoms with van der Waals surface area (Å²) in [4.78, 5) is 15.0. The maximum atomic E-state index is 11.2. The van der Waals surface area contributed by atoms with Crippen LogP contribution in [0.25, 0.3) is 10.9 Å². The van der Waals surface area contributed by atoms with Crippen molar-refractivity contribution in [3.05, 3.63) is 40.6 Å². The fraction of sp³-hybridized carbons (Fsp3) is 0.357. The SMILES string of the molecule is O=[N+]([O-])c1cnc2ccccc2c1NC1CCCC1. The van der Waals surface area contributed by atoms with Crippen LogP contribution in [0, 0.1) is 10.1 Å². The van der Waals surface area contributed by atoms with E-state index in [0.29, 0.717) is 11.7 Å². The molecule has 0 bridgehead atoms. The van der Waals surface area contributed by atoms with Gasteiger partial charge in [0, 0.05) is 11.4 Å². The molecule has 1 N–H and O–H groups in total. The molecule has 19 heavy (non-hydrogen) atoms. The number of hydrogen-bond acceptors (Lipinski definition) is 4. The first kappa shape index (κ1) is 11.9. The summed E-state index contributed by atoms with van der Waals surface area (Å²) in [6, 6.07) is 7.86. The van der Waals surface area contributed by atoms with Crippen LogP contribution in [0.5, 0.6) is 0 Å². The maximum Gasteiger partial charge on any atom is 0.311 e. The fourth-order valence-electron chi connectivity index (χ4n) is 2.70. The smallest absolute Gasteiger partial charge is 0.311 e. The lowest BCUT2D eigenvalue weighted by Crippen LogP contribution is -2.16. The average Bonchev–Trinajstić information content (AvgIpc) is 2.92. The van der Waals surface area contributed by atoms with Crippen LogP contribution in [0.4, 0.5) is 11.4 Å². The minimum Gasteiger partial charge on any atom is -0.376 e. The Balaban J connectivity index is 2.10. The standard InChI is InChI=1S/C14H15N3O2/c18-17(19)13-9-15-12-8-4-3-7-11(12)14(13)16-10-5-1-2-6-10/h3-4,7-10H,1-2,5-6H2,(H,15,16). The number of nitro groups is 1. The fourth-order valence-corrected chi connectivity index (χ4v) is 2.70. The van der Waals surface area contributed by atoms with Crippen molar-refractivity contribution in [2.75, 3.05) is 5.32 Å². The quantitative estimate of drug-likeness (QED) is 0.675. The number of para-hydroxylation sites is 1. The number of nitrogens with zero attached hydrogens (tertiary/aromatic N) is 2. The predicted octanol–water partition coefficient (Wildman–Crippen LogP) is 3.50. The Labute approximate surface area is 110 Å². The highest BCUT2D eigenvalue weighted by atomic mass is 16.6. The predicted molar refractivity (Wildman–Crippen MR) is 74.3 cm³/mol. The number of nitrogens with one attached hydrogen (secondary N) is 1. The summed E-state index contributed by atoms with van der Waals surface area (Å²) < 4.78 is 0. The van der Waals surface area contributed by atoms with Crippen molar-refractivity contribution in [3.8, 4) is 0 Å². The third-order valence-corrected chi connectivity index (χ3v) is 3.66. The molecule has 98 valence electrons. The maximum absolute atomic E-state index is 11.2. The van der Waals surface area contributed by atoms with Gasteiger partial charge in [0.25, 0.3) is 0 Å². The Hall–Kier alpha value is -2.17. The molecule has 0 saturated heterocycles. The number of hydrogen-bond donors (Lipinski definition) is 1. The highest BCUT2D eigenvalue weighted by molar-refractivity contribution is 5.95. The van der Waals surface area contributed by atoms with Crippen LogP contribution in [0.1, 0.15) is 25.7 Å². The number of benzene rings is 1. The van der Waals surface area contributed by atoms with Crippen molar-refractivity contribution in [1.29, 1.82) is 0 Å². The Morgan fingerprint density at radius 2 is 2.00 bits per heavy atom. The largest absolute Gasteiger partial charge is 0.376 e. The van der Waals surface area contributed by atoms with Gasteiger partial charge in [0.15, 0.2) is 0 Å². The van der Waals surface area contributed by atoms with Crippen LogP contribution in [-0.4, -0.2) is 15.9 Å². The molecule has 1 heterocycles. The van der Waals surface area contributed by atoms with E-state index in [0.717, 1.165) is 23.7 Å². The summed E-state index contributed by atoms with van der Waals surface area (Å²) in [6.45, 7) is 0. The van der Waals surface area contributed by atoms with Crippen molar-refractivity contribution in [3.63, 3.8) is 0 Å². The van der Waals surface area contributed by atoms with E-state index in [9.17, 15) is 10.1 Å². The van der Waals surface area contributed by atoms with E-state index in [1.54, 1.807) is 0 Å². The number of rotatable bonds is 3. The first-order valence-electron chi connectivity index (χ1n) is 6.54. The summed E-state index contributed by atoms with van der Waals surface area (Å²) >= 11 is 0. The number of anilines is 1. The molecule has 0 atom stereocenters. The molecule has 1 aliphatic carbocycles. The van der Waals surface area contributed by atoms with Gasteiger partial charge >= 0.3 is 5.69 Å². The first-order valence-corrected chi connectivity index (χ1v) is 6.54. The minimum absolute atomic E-state index is 0.0607. The second-order valence-corrected chi connectivity index (χ2v) is 4.92. The molecular weight excluding hydrogens is 242 g/mol. The van der Waals surface area contributed by atoms with Crippen molar-refractivity contribution in [2.45, 2.75) is 31.7 Å². The van der Waals surface area contributed by atoms with Gasteiger partial charge in [0.2, 0.25) is 0 Å².